The van der Waals surface area contributed by atoms with Crippen molar-refractivity contribution in [2.45, 2.75) is 46.4 Å². The summed E-state index contributed by atoms with van der Waals surface area (Å²) in [5.41, 5.74) is 1.98. The molecule has 0 saturated carbocycles. The fourth-order valence-corrected chi connectivity index (χ4v) is 3.00. The Morgan fingerprint density at radius 2 is 1.67 bits per heavy atom. The van der Waals surface area contributed by atoms with E-state index in [4.69, 9.17) is 9.47 Å². The summed E-state index contributed by atoms with van der Waals surface area (Å²) in [7, 11) is 1.61. The average molecular weight is 367 g/mol. The second-order valence-corrected chi connectivity index (χ2v) is 6.95. The Morgan fingerprint density at radius 1 is 1.00 bits per heavy atom. The minimum atomic E-state index is 0.00312. The molecular formula is C23H29NO3. The van der Waals surface area contributed by atoms with Gasteiger partial charge in [0.15, 0.2) is 11.5 Å². The number of carbonyl (C=O) groups is 1. The Bertz CT molecular complexity index is 758. The zero-order valence-electron chi connectivity index (χ0n) is 16.8. The van der Waals surface area contributed by atoms with Crippen LogP contribution < -0.4 is 9.47 Å². The maximum atomic E-state index is 12.5. The van der Waals surface area contributed by atoms with Crippen LogP contribution in [-0.2, 0) is 11.4 Å². The highest BCUT2D eigenvalue weighted by Gasteiger charge is 2.17. The molecule has 4 nitrogen and oxygen atoms in total. The summed E-state index contributed by atoms with van der Waals surface area (Å²) >= 11 is 0. The molecule has 0 aliphatic rings. The third kappa shape index (κ3) is 5.88. The molecule has 2 aromatic rings. The van der Waals surface area contributed by atoms with Crippen molar-refractivity contribution >= 4 is 12.0 Å². The van der Waals surface area contributed by atoms with E-state index in [0.717, 1.165) is 11.1 Å². The highest BCUT2D eigenvalue weighted by Crippen LogP contribution is 2.29. The van der Waals surface area contributed by atoms with Crippen molar-refractivity contribution in [3.05, 3.63) is 65.7 Å². The fraction of sp³-hybridized carbons (Fsp3) is 0.348. The molecule has 0 aliphatic carbocycles. The van der Waals surface area contributed by atoms with Gasteiger partial charge in [0.2, 0.25) is 5.91 Å². The van der Waals surface area contributed by atoms with Crippen LogP contribution >= 0.6 is 0 Å². The molecule has 0 aliphatic heterocycles. The Labute approximate surface area is 162 Å². The van der Waals surface area contributed by atoms with Gasteiger partial charge in [0.25, 0.3) is 0 Å². The third-order valence-electron chi connectivity index (χ3n) is 4.21. The number of nitrogens with zero attached hydrogens (tertiary/aromatic N) is 1. The number of ether oxygens (including phenoxy) is 2. The van der Waals surface area contributed by atoms with Gasteiger partial charge in [-0.05, 0) is 57.0 Å². The zero-order chi connectivity index (χ0) is 19.8. The molecule has 1 amide bonds. The Kier molecular flexibility index (Phi) is 7.47. The van der Waals surface area contributed by atoms with Crippen molar-refractivity contribution in [3.63, 3.8) is 0 Å². The molecule has 2 rings (SSSR count). The van der Waals surface area contributed by atoms with Crippen LogP contribution in [0.2, 0.25) is 0 Å². The van der Waals surface area contributed by atoms with E-state index >= 15 is 0 Å². The maximum absolute atomic E-state index is 12.5. The first-order valence-electron chi connectivity index (χ1n) is 9.27. The molecule has 0 aromatic heterocycles. The number of hydrogen-bond donors (Lipinski definition) is 0. The number of rotatable bonds is 8. The van der Waals surface area contributed by atoms with E-state index < -0.39 is 0 Å². The van der Waals surface area contributed by atoms with Crippen molar-refractivity contribution < 1.29 is 14.3 Å². The van der Waals surface area contributed by atoms with E-state index in [1.54, 1.807) is 13.2 Å². The van der Waals surface area contributed by atoms with Gasteiger partial charge in [-0.15, -0.1) is 0 Å². The number of methoxy groups -OCH3 is 1. The molecule has 0 fully saturated rings. The van der Waals surface area contributed by atoms with Crippen LogP contribution in [0, 0.1) is 0 Å². The van der Waals surface area contributed by atoms with Gasteiger partial charge in [0, 0.05) is 18.2 Å². The van der Waals surface area contributed by atoms with Crippen LogP contribution in [0.1, 0.15) is 38.8 Å². The van der Waals surface area contributed by atoms with Gasteiger partial charge in [-0.2, -0.15) is 0 Å². The number of carbonyl (C=O) groups excluding carboxylic acids is 1. The normalized spacial score (nSPS) is 11.2. The summed E-state index contributed by atoms with van der Waals surface area (Å²) in [5.74, 6) is 1.32. The van der Waals surface area contributed by atoms with E-state index in [2.05, 4.69) is 0 Å². The Morgan fingerprint density at radius 3 is 2.26 bits per heavy atom. The molecule has 4 heteroatoms. The standard InChI is InChI=1S/C23H29NO3/c1-17(2)24(18(3)4)23(25)14-12-19-11-13-21(22(15-19)26-5)27-16-20-9-7-6-8-10-20/h6-15,17-18H,16H2,1-5H3/b14-12+. The molecule has 0 N–H and O–H groups in total. The molecule has 0 bridgehead atoms. The lowest BCUT2D eigenvalue weighted by Gasteiger charge is -2.29. The molecule has 27 heavy (non-hydrogen) atoms. The highest BCUT2D eigenvalue weighted by atomic mass is 16.5. The van der Waals surface area contributed by atoms with E-state index in [9.17, 15) is 4.79 Å². The van der Waals surface area contributed by atoms with Crippen molar-refractivity contribution in [2.75, 3.05) is 7.11 Å². The molecule has 0 heterocycles. The summed E-state index contributed by atoms with van der Waals surface area (Å²) in [6.07, 6.45) is 3.42. The van der Waals surface area contributed by atoms with Crippen LogP contribution in [-0.4, -0.2) is 30.0 Å². The Hall–Kier alpha value is -2.75. The van der Waals surface area contributed by atoms with E-state index in [0.29, 0.717) is 18.1 Å². The monoisotopic (exact) mass is 367 g/mol. The molecule has 0 radical (unpaired) electrons. The van der Waals surface area contributed by atoms with Crippen LogP contribution in [0.5, 0.6) is 11.5 Å². The van der Waals surface area contributed by atoms with Gasteiger partial charge in [0.05, 0.1) is 7.11 Å². The van der Waals surface area contributed by atoms with Crippen LogP contribution in [0.25, 0.3) is 6.08 Å². The average Bonchev–Trinajstić information content (AvgIpc) is 2.65. The first-order valence-corrected chi connectivity index (χ1v) is 9.27. The van der Waals surface area contributed by atoms with E-state index in [1.807, 2.05) is 87.2 Å². The molecule has 0 unspecified atom stereocenters. The van der Waals surface area contributed by atoms with Crippen molar-refractivity contribution in [2.24, 2.45) is 0 Å². The quantitative estimate of drug-likeness (QED) is 0.621. The second kappa shape index (κ2) is 9.81. The summed E-state index contributed by atoms with van der Waals surface area (Å²) in [5, 5.41) is 0. The largest absolute Gasteiger partial charge is 0.493 e. The first kappa shape index (κ1) is 20.6. The van der Waals surface area contributed by atoms with Gasteiger partial charge >= 0.3 is 0 Å². The summed E-state index contributed by atoms with van der Waals surface area (Å²) in [6, 6.07) is 16.0. The minimum Gasteiger partial charge on any atom is -0.493 e. The van der Waals surface area contributed by atoms with E-state index in [-0.39, 0.29) is 18.0 Å². The SMILES string of the molecule is COc1cc(/C=C/C(=O)N(C(C)C)C(C)C)ccc1OCc1ccccc1. The highest BCUT2D eigenvalue weighted by molar-refractivity contribution is 5.92. The van der Waals surface area contributed by atoms with Gasteiger partial charge < -0.3 is 14.4 Å². The first-order chi connectivity index (χ1) is 12.9. The predicted octanol–water partition coefficient (Wildman–Crippen LogP) is 4.93. The minimum absolute atomic E-state index is 0.00312. The van der Waals surface area contributed by atoms with Crippen LogP contribution in [0.4, 0.5) is 0 Å². The molecule has 0 atom stereocenters. The smallest absolute Gasteiger partial charge is 0.247 e. The third-order valence-corrected chi connectivity index (χ3v) is 4.21. The number of benzene rings is 2. The lowest BCUT2D eigenvalue weighted by Crippen LogP contribution is -2.41. The Balaban J connectivity index is 2.09. The van der Waals surface area contributed by atoms with Crippen LogP contribution in [0.15, 0.2) is 54.6 Å². The molecule has 2 aromatic carbocycles. The molecular weight excluding hydrogens is 338 g/mol. The second-order valence-electron chi connectivity index (χ2n) is 6.95. The van der Waals surface area contributed by atoms with Crippen LogP contribution in [0.3, 0.4) is 0 Å². The van der Waals surface area contributed by atoms with Gasteiger partial charge in [-0.1, -0.05) is 36.4 Å². The molecule has 0 spiro atoms. The number of hydrogen-bond acceptors (Lipinski definition) is 3. The predicted molar refractivity (Wildman–Crippen MR) is 110 cm³/mol. The van der Waals surface area contributed by atoms with Crippen molar-refractivity contribution in [1.82, 2.24) is 4.90 Å². The van der Waals surface area contributed by atoms with Gasteiger partial charge in [-0.3, -0.25) is 4.79 Å². The van der Waals surface area contributed by atoms with Crippen molar-refractivity contribution in [1.29, 1.82) is 0 Å². The topological polar surface area (TPSA) is 38.8 Å². The molecule has 0 saturated heterocycles. The summed E-state index contributed by atoms with van der Waals surface area (Å²) in [6.45, 7) is 8.56. The lowest BCUT2D eigenvalue weighted by atomic mass is 10.1. The number of amides is 1. The maximum Gasteiger partial charge on any atom is 0.247 e. The van der Waals surface area contributed by atoms with E-state index in [1.165, 1.54) is 0 Å². The molecule has 144 valence electrons. The van der Waals surface area contributed by atoms with Gasteiger partial charge in [0.1, 0.15) is 6.61 Å². The van der Waals surface area contributed by atoms with Gasteiger partial charge in [-0.25, -0.2) is 0 Å². The zero-order valence-corrected chi connectivity index (χ0v) is 16.8. The fourth-order valence-electron chi connectivity index (χ4n) is 3.00. The summed E-state index contributed by atoms with van der Waals surface area (Å²) < 4.78 is 11.3. The lowest BCUT2D eigenvalue weighted by molar-refractivity contribution is -0.129. The van der Waals surface area contributed by atoms with Crippen molar-refractivity contribution in [3.8, 4) is 11.5 Å². The summed E-state index contributed by atoms with van der Waals surface area (Å²) in [4.78, 5) is 14.3.